The minimum absolute atomic E-state index is 0.0646. The Labute approximate surface area is 98.6 Å². The zero-order valence-corrected chi connectivity index (χ0v) is 9.47. The number of hydrogen-bond acceptors (Lipinski definition) is 4. The predicted molar refractivity (Wildman–Crippen MR) is 60.0 cm³/mol. The molecule has 0 fully saturated rings. The van der Waals surface area contributed by atoms with Crippen molar-refractivity contribution in [2.45, 2.75) is 19.8 Å². The van der Waals surface area contributed by atoms with E-state index in [4.69, 9.17) is 9.84 Å². The van der Waals surface area contributed by atoms with Crippen LogP contribution in [0.4, 0.5) is 0 Å². The maximum Gasteiger partial charge on any atom is 0.341 e. The second-order valence-corrected chi connectivity index (χ2v) is 3.43. The summed E-state index contributed by atoms with van der Waals surface area (Å²) in [7, 11) is 0. The van der Waals surface area contributed by atoms with E-state index in [0.29, 0.717) is 5.56 Å². The van der Waals surface area contributed by atoms with Crippen molar-refractivity contribution in [3.63, 3.8) is 0 Å². The predicted octanol–water partition coefficient (Wildman–Crippen LogP) is 1.59. The minimum Gasteiger partial charge on any atom is -0.507 e. The van der Waals surface area contributed by atoms with Crippen molar-refractivity contribution in [2.24, 2.45) is 0 Å². The van der Waals surface area contributed by atoms with Gasteiger partial charge < -0.3 is 14.9 Å². The summed E-state index contributed by atoms with van der Waals surface area (Å²) in [6.07, 6.45) is 0.0776. The molecular weight excluding hydrogens is 224 g/mol. The van der Waals surface area contributed by atoms with Crippen LogP contribution in [0.2, 0.25) is 0 Å². The van der Waals surface area contributed by atoms with Crippen LogP contribution < -0.4 is 0 Å². The molecule has 0 unspecified atom stereocenters. The average molecular weight is 238 g/mol. The third-order valence-corrected chi connectivity index (χ3v) is 2.22. The van der Waals surface area contributed by atoms with Crippen molar-refractivity contribution in [1.82, 2.24) is 0 Å². The van der Waals surface area contributed by atoms with E-state index in [2.05, 4.69) is 0 Å². The molecule has 1 aromatic carbocycles. The second kappa shape index (κ2) is 5.89. The van der Waals surface area contributed by atoms with Gasteiger partial charge in [-0.1, -0.05) is 12.1 Å². The Bertz CT molecular complexity index is 425. The van der Waals surface area contributed by atoms with E-state index in [0.717, 1.165) is 0 Å². The van der Waals surface area contributed by atoms with Crippen molar-refractivity contribution >= 4 is 11.9 Å². The van der Waals surface area contributed by atoms with Gasteiger partial charge in [0.2, 0.25) is 0 Å². The maximum absolute atomic E-state index is 11.5. The van der Waals surface area contributed by atoms with Gasteiger partial charge in [-0.2, -0.15) is 0 Å². The quantitative estimate of drug-likeness (QED) is 0.761. The Morgan fingerprint density at radius 1 is 1.35 bits per heavy atom. The Morgan fingerprint density at radius 3 is 2.65 bits per heavy atom. The second-order valence-electron chi connectivity index (χ2n) is 3.43. The number of para-hydroxylation sites is 1. The molecule has 0 aromatic heterocycles. The number of phenolic OH excluding ortho intramolecular Hbond substituents is 1. The summed E-state index contributed by atoms with van der Waals surface area (Å²) >= 11 is 0. The summed E-state index contributed by atoms with van der Waals surface area (Å²) in [6.45, 7) is 1.89. The van der Waals surface area contributed by atoms with Crippen LogP contribution in [-0.4, -0.2) is 28.8 Å². The SMILES string of the molecule is CCOC(=O)c1cccc(CCC(=O)O)c1O. The van der Waals surface area contributed by atoms with Gasteiger partial charge in [-0.15, -0.1) is 0 Å². The third-order valence-electron chi connectivity index (χ3n) is 2.22. The molecule has 17 heavy (non-hydrogen) atoms. The van der Waals surface area contributed by atoms with E-state index in [1.54, 1.807) is 19.1 Å². The summed E-state index contributed by atoms with van der Waals surface area (Å²) < 4.78 is 4.77. The summed E-state index contributed by atoms with van der Waals surface area (Å²) in [5, 5.41) is 18.4. The molecular formula is C12H14O5. The lowest BCUT2D eigenvalue weighted by Crippen LogP contribution is -2.06. The number of aryl methyl sites for hydroxylation is 1. The normalized spacial score (nSPS) is 9.94. The molecule has 92 valence electrons. The number of hydrogen-bond donors (Lipinski definition) is 2. The van der Waals surface area contributed by atoms with Gasteiger partial charge in [0, 0.05) is 6.42 Å². The Balaban J connectivity index is 2.90. The Hall–Kier alpha value is -2.04. The standard InChI is InChI=1S/C12H14O5/c1-2-17-12(16)9-5-3-4-8(11(9)15)6-7-10(13)14/h3-5,15H,2,6-7H2,1H3,(H,13,14). The van der Waals surface area contributed by atoms with E-state index in [9.17, 15) is 14.7 Å². The monoisotopic (exact) mass is 238 g/mol. The number of phenols is 1. The first-order valence-electron chi connectivity index (χ1n) is 5.26. The molecule has 0 spiro atoms. The van der Waals surface area contributed by atoms with E-state index < -0.39 is 11.9 Å². The number of benzene rings is 1. The van der Waals surface area contributed by atoms with Crippen molar-refractivity contribution in [3.8, 4) is 5.75 Å². The van der Waals surface area contributed by atoms with Gasteiger partial charge in [0.15, 0.2) is 0 Å². The lowest BCUT2D eigenvalue weighted by atomic mass is 10.0. The van der Waals surface area contributed by atoms with Gasteiger partial charge in [-0.3, -0.25) is 4.79 Å². The van der Waals surface area contributed by atoms with Gasteiger partial charge >= 0.3 is 11.9 Å². The highest BCUT2D eigenvalue weighted by Gasteiger charge is 2.15. The van der Waals surface area contributed by atoms with Crippen LogP contribution in [0.15, 0.2) is 18.2 Å². The first kappa shape index (κ1) is 13.0. The smallest absolute Gasteiger partial charge is 0.341 e. The molecule has 2 N–H and O–H groups in total. The third kappa shape index (κ3) is 3.48. The van der Waals surface area contributed by atoms with E-state index in [1.807, 2.05) is 0 Å². The largest absolute Gasteiger partial charge is 0.507 e. The lowest BCUT2D eigenvalue weighted by molar-refractivity contribution is -0.136. The number of rotatable bonds is 5. The zero-order valence-electron chi connectivity index (χ0n) is 9.47. The Kier molecular flexibility index (Phi) is 4.51. The number of esters is 1. The van der Waals surface area contributed by atoms with E-state index in [-0.39, 0.29) is 30.8 Å². The first-order chi connectivity index (χ1) is 8.06. The molecule has 0 amide bonds. The average Bonchev–Trinajstić information content (AvgIpc) is 2.27. The summed E-state index contributed by atoms with van der Waals surface area (Å²) in [4.78, 5) is 21.9. The molecule has 5 nitrogen and oxygen atoms in total. The maximum atomic E-state index is 11.5. The summed E-state index contributed by atoms with van der Waals surface area (Å²) in [6, 6.07) is 4.61. The van der Waals surface area contributed by atoms with Gasteiger partial charge in [0.1, 0.15) is 11.3 Å². The number of ether oxygens (including phenoxy) is 1. The molecule has 0 aliphatic rings. The molecule has 0 radical (unpaired) electrons. The topological polar surface area (TPSA) is 83.8 Å². The summed E-state index contributed by atoms with van der Waals surface area (Å²) in [5.74, 6) is -1.76. The molecule has 0 atom stereocenters. The van der Waals surface area contributed by atoms with Gasteiger partial charge in [0.05, 0.1) is 6.61 Å². The van der Waals surface area contributed by atoms with Crippen molar-refractivity contribution < 1.29 is 24.5 Å². The molecule has 0 saturated carbocycles. The molecule has 0 aliphatic heterocycles. The Morgan fingerprint density at radius 2 is 2.06 bits per heavy atom. The molecule has 0 bridgehead atoms. The first-order valence-corrected chi connectivity index (χ1v) is 5.26. The number of carboxylic acids is 1. The molecule has 0 saturated heterocycles. The fourth-order valence-electron chi connectivity index (χ4n) is 1.41. The molecule has 0 heterocycles. The molecule has 1 rings (SSSR count). The van der Waals surface area contributed by atoms with Crippen LogP contribution in [0, 0.1) is 0 Å². The lowest BCUT2D eigenvalue weighted by Gasteiger charge is -2.08. The van der Waals surface area contributed by atoms with Gasteiger partial charge in [-0.05, 0) is 25.0 Å². The number of carbonyl (C=O) groups is 2. The van der Waals surface area contributed by atoms with Crippen molar-refractivity contribution in [2.75, 3.05) is 6.61 Å². The van der Waals surface area contributed by atoms with Crippen LogP contribution in [0.25, 0.3) is 0 Å². The molecule has 1 aromatic rings. The van der Waals surface area contributed by atoms with Crippen LogP contribution in [0.3, 0.4) is 0 Å². The fourth-order valence-corrected chi connectivity index (χ4v) is 1.41. The molecule has 0 aliphatic carbocycles. The summed E-state index contributed by atoms with van der Waals surface area (Å²) in [5.41, 5.74) is 0.493. The van der Waals surface area contributed by atoms with Crippen LogP contribution >= 0.6 is 0 Å². The molecule has 5 heteroatoms. The highest BCUT2D eigenvalue weighted by Crippen LogP contribution is 2.24. The van der Waals surface area contributed by atoms with Gasteiger partial charge in [0.25, 0.3) is 0 Å². The van der Waals surface area contributed by atoms with Crippen molar-refractivity contribution in [1.29, 1.82) is 0 Å². The highest BCUT2D eigenvalue weighted by molar-refractivity contribution is 5.92. The number of aliphatic carboxylic acids is 1. The van der Waals surface area contributed by atoms with Crippen molar-refractivity contribution in [3.05, 3.63) is 29.3 Å². The van der Waals surface area contributed by atoms with E-state index in [1.165, 1.54) is 6.07 Å². The van der Waals surface area contributed by atoms with Crippen LogP contribution in [0.5, 0.6) is 5.75 Å². The number of carbonyl (C=O) groups excluding carboxylic acids is 1. The zero-order chi connectivity index (χ0) is 12.8. The number of aromatic hydroxyl groups is 1. The fraction of sp³-hybridized carbons (Fsp3) is 0.333. The van der Waals surface area contributed by atoms with Crippen LogP contribution in [-0.2, 0) is 16.0 Å². The van der Waals surface area contributed by atoms with Crippen LogP contribution in [0.1, 0.15) is 29.3 Å². The van der Waals surface area contributed by atoms with E-state index >= 15 is 0 Å². The highest BCUT2D eigenvalue weighted by atomic mass is 16.5. The minimum atomic E-state index is -0.953. The van der Waals surface area contributed by atoms with Gasteiger partial charge in [-0.25, -0.2) is 4.79 Å². The number of carboxylic acid groups (broad SMARTS) is 1.